The molecule has 0 aliphatic heterocycles. The molecule has 0 atom stereocenters. The molecule has 0 bridgehead atoms. The molecule has 1 heteroatoms. The number of hydrogen-bond acceptors (Lipinski definition) is 1. The molecule has 0 saturated heterocycles. The Kier molecular flexibility index (Phi) is 2.20. The van der Waals surface area contributed by atoms with E-state index in [1.54, 1.807) is 0 Å². The first-order valence-corrected chi connectivity index (χ1v) is 2.76. The highest BCUT2D eigenvalue weighted by atomic mass is 16.1. The Labute approximate surface area is 51.1 Å². The largest absolute Gasteiger partial charge is 0.300 e. The zero-order valence-corrected chi connectivity index (χ0v) is 5.82. The van der Waals surface area contributed by atoms with E-state index in [1.807, 2.05) is 20.8 Å². The lowest BCUT2D eigenvalue weighted by Gasteiger charge is -2.14. The summed E-state index contributed by atoms with van der Waals surface area (Å²) in [5.41, 5.74) is 0.110. The predicted octanol–water partition coefficient (Wildman–Crippen LogP) is 1.83. The molecule has 47 valence electrons. The zero-order valence-electron chi connectivity index (χ0n) is 5.82. The molecule has 0 N–H and O–H groups in total. The van der Waals surface area contributed by atoms with Gasteiger partial charge in [0.05, 0.1) is 0 Å². The van der Waals surface area contributed by atoms with Crippen LogP contribution in [0.15, 0.2) is 0 Å². The van der Waals surface area contributed by atoms with Crippen LogP contribution in [-0.2, 0) is 4.79 Å². The fourth-order valence-electron chi connectivity index (χ4n) is 0.592. The quantitative estimate of drug-likeness (QED) is 0.507. The van der Waals surface area contributed by atoms with Gasteiger partial charge in [-0.2, -0.15) is 0 Å². The van der Waals surface area contributed by atoms with E-state index in [9.17, 15) is 4.79 Å². The van der Waals surface area contributed by atoms with Crippen LogP contribution in [0.3, 0.4) is 0 Å². The molecule has 0 saturated carbocycles. The molecule has 0 spiro atoms. The summed E-state index contributed by atoms with van der Waals surface area (Å²) in [7, 11) is 0. The van der Waals surface area contributed by atoms with Gasteiger partial charge < -0.3 is 0 Å². The Morgan fingerprint density at radius 1 is 1.50 bits per heavy atom. The lowest BCUT2D eigenvalue weighted by Crippen LogP contribution is -2.09. The van der Waals surface area contributed by atoms with E-state index in [4.69, 9.17) is 0 Å². The van der Waals surface area contributed by atoms with Crippen molar-refractivity contribution in [3.8, 4) is 0 Å². The number of rotatable bonds is 1. The topological polar surface area (TPSA) is 17.1 Å². The molecule has 0 amide bonds. The van der Waals surface area contributed by atoms with Crippen molar-refractivity contribution in [3.63, 3.8) is 0 Å². The standard InChI is InChI=1S/C7H13O/c1-6(8)5-7(2,3)4/h1,5H2,2-4H3. The number of carbonyl (C=O) groups excluding carboxylic acids is 1. The number of Topliss-reactive ketones (excluding diaryl/α,β-unsaturated/α-hetero) is 1. The third-order valence-electron chi connectivity index (χ3n) is 0.727. The minimum atomic E-state index is 0.0255. The average molecular weight is 113 g/mol. The third-order valence-corrected chi connectivity index (χ3v) is 0.727. The zero-order chi connectivity index (χ0) is 6.78. The van der Waals surface area contributed by atoms with Crippen molar-refractivity contribution in [2.24, 2.45) is 5.41 Å². The fraction of sp³-hybridized carbons (Fsp3) is 0.714. The molecule has 0 aromatic rings. The van der Waals surface area contributed by atoms with E-state index >= 15 is 0 Å². The summed E-state index contributed by atoms with van der Waals surface area (Å²) in [6.45, 7) is 9.36. The van der Waals surface area contributed by atoms with Crippen LogP contribution in [0.2, 0.25) is 0 Å². The van der Waals surface area contributed by atoms with Crippen molar-refractivity contribution in [2.75, 3.05) is 0 Å². The Hall–Kier alpha value is -0.330. The summed E-state index contributed by atoms with van der Waals surface area (Å²) in [5.74, 6) is 0.0255. The molecule has 1 radical (unpaired) electrons. The SMILES string of the molecule is [CH2]C(=O)CC(C)(C)C. The Morgan fingerprint density at radius 3 is 1.88 bits per heavy atom. The predicted molar refractivity (Wildman–Crippen MR) is 34.4 cm³/mol. The lowest BCUT2D eigenvalue weighted by molar-refractivity contribution is -0.116. The van der Waals surface area contributed by atoms with Gasteiger partial charge in [-0.05, 0) is 5.41 Å². The Balaban J connectivity index is 3.55. The molecule has 0 rings (SSSR count). The summed E-state index contributed by atoms with van der Waals surface area (Å²) in [6, 6.07) is 0. The second-order valence-corrected chi connectivity index (χ2v) is 3.28. The van der Waals surface area contributed by atoms with Gasteiger partial charge in [0.2, 0.25) is 0 Å². The minimum absolute atomic E-state index is 0.0255. The van der Waals surface area contributed by atoms with E-state index in [2.05, 4.69) is 6.92 Å². The van der Waals surface area contributed by atoms with Crippen molar-refractivity contribution in [2.45, 2.75) is 27.2 Å². The molecule has 0 aromatic carbocycles. The van der Waals surface area contributed by atoms with Crippen molar-refractivity contribution in [1.29, 1.82) is 0 Å². The monoisotopic (exact) mass is 113 g/mol. The second-order valence-electron chi connectivity index (χ2n) is 3.28. The highest BCUT2D eigenvalue weighted by Crippen LogP contribution is 2.17. The molecule has 8 heavy (non-hydrogen) atoms. The molecular formula is C7H13O. The molecule has 0 heterocycles. The highest BCUT2D eigenvalue weighted by Gasteiger charge is 2.11. The highest BCUT2D eigenvalue weighted by molar-refractivity contribution is 5.82. The summed E-state index contributed by atoms with van der Waals surface area (Å²) in [5, 5.41) is 0. The summed E-state index contributed by atoms with van der Waals surface area (Å²) < 4.78 is 0. The maximum absolute atomic E-state index is 10.3. The van der Waals surface area contributed by atoms with Crippen LogP contribution in [0.25, 0.3) is 0 Å². The van der Waals surface area contributed by atoms with Crippen LogP contribution >= 0.6 is 0 Å². The van der Waals surface area contributed by atoms with E-state index in [0.29, 0.717) is 6.42 Å². The van der Waals surface area contributed by atoms with Gasteiger partial charge in [0, 0.05) is 13.3 Å². The smallest absolute Gasteiger partial charge is 0.133 e. The number of ketones is 1. The van der Waals surface area contributed by atoms with Crippen molar-refractivity contribution in [1.82, 2.24) is 0 Å². The van der Waals surface area contributed by atoms with Gasteiger partial charge in [-0.3, -0.25) is 4.79 Å². The first-order chi connectivity index (χ1) is 3.42. The van der Waals surface area contributed by atoms with Crippen LogP contribution in [0.5, 0.6) is 0 Å². The molecular weight excluding hydrogens is 100 g/mol. The Morgan fingerprint density at radius 2 is 1.88 bits per heavy atom. The molecule has 0 unspecified atom stereocenters. The lowest BCUT2D eigenvalue weighted by atomic mass is 9.91. The second kappa shape index (κ2) is 2.29. The first-order valence-electron chi connectivity index (χ1n) is 2.76. The minimum Gasteiger partial charge on any atom is -0.300 e. The molecule has 1 nitrogen and oxygen atoms in total. The third kappa shape index (κ3) is 5.67. The normalized spacial score (nSPS) is 11.5. The van der Waals surface area contributed by atoms with Gasteiger partial charge >= 0.3 is 0 Å². The maximum Gasteiger partial charge on any atom is 0.133 e. The molecule has 0 aliphatic rings. The number of hydrogen-bond donors (Lipinski definition) is 0. The van der Waals surface area contributed by atoms with Gasteiger partial charge in [-0.1, -0.05) is 20.8 Å². The summed E-state index contributed by atoms with van der Waals surface area (Å²) >= 11 is 0. The van der Waals surface area contributed by atoms with Crippen LogP contribution in [0.4, 0.5) is 0 Å². The summed E-state index contributed by atoms with van der Waals surface area (Å²) in [6.07, 6.45) is 0.576. The average Bonchev–Trinajstić information content (AvgIpc) is 1.21. The van der Waals surface area contributed by atoms with Crippen LogP contribution < -0.4 is 0 Å². The molecule has 0 fully saturated rings. The number of carbonyl (C=O) groups is 1. The van der Waals surface area contributed by atoms with Gasteiger partial charge in [0.1, 0.15) is 5.78 Å². The van der Waals surface area contributed by atoms with Gasteiger partial charge in [0.15, 0.2) is 0 Å². The first kappa shape index (κ1) is 7.67. The molecule has 0 aromatic heterocycles. The van der Waals surface area contributed by atoms with Crippen molar-refractivity contribution >= 4 is 5.78 Å². The van der Waals surface area contributed by atoms with E-state index in [1.165, 1.54) is 0 Å². The summed E-state index contributed by atoms with van der Waals surface area (Å²) in [4.78, 5) is 10.3. The maximum atomic E-state index is 10.3. The van der Waals surface area contributed by atoms with Crippen molar-refractivity contribution < 1.29 is 4.79 Å². The van der Waals surface area contributed by atoms with Crippen LogP contribution in [0, 0.1) is 12.3 Å². The fourth-order valence-corrected chi connectivity index (χ4v) is 0.592. The van der Waals surface area contributed by atoms with E-state index < -0.39 is 0 Å². The van der Waals surface area contributed by atoms with Gasteiger partial charge in [0.25, 0.3) is 0 Å². The molecule has 0 aliphatic carbocycles. The van der Waals surface area contributed by atoms with E-state index in [-0.39, 0.29) is 11.2 Å². The van der Waals surface area contributed by atoms with Crippen molar-refractivity contribution in [3.05, 3.63) is 6.92 Å². The van der Waals surface area contributed by atoms with Crippen LogP contribution in [0.1, 0.15) is 27.2 Å². The van der Waals surface area contributed by atoms with E-state index in [0.717, 1.165) is 0 Å². The Bertz CT molecular complexity index is 87.1. The van der Waals surface area contributed by atoms with Gasteiger partial charge in [-0.15, -0.1) is 0 Å². The van der Waals surface area contributed by atoms with Gasteiger partial charge in [-0.25, -0.2) is 0 Å². The van der Waals surface area contributed by atoms with Crippen LogP contribution in [-0.4, -0.2) is 5.78 Å².